The maximum Gasteiger partial charge on any atom is 0.323 e. The van der Waals surface area contributed by atoms with Gasteiger partial charge in [-0.25, -0.2) is 0 Å². The van der Waals surface area contributed by atoms with Gasteiger partial charge in [0.2, 0.25) is 0 Å². The molecular formula is C14H21NO5. The van der Waals surface area contributed by atoms with Crippen molar-refractivity contribution in [1.82, 2.24) is 5.32 Å². The van der Waals surface area contributed by atoms with E-state index in [0.717, 1.165) is 25.3 Å². The second-order valence-corrected chi connectivity index (χ2v) is 4.67. The molecule has 6 nitrogen and oxygen atoms in total. The number of carboxylic acids is 1. The lowest BCUT2D eigenvalue weighted by atomic mass is 10.0. The third-order valence-electron chi connectivity index (χ3n) is 3.07. The van der Waals surface area contributed by atoms with Crippen LogP contribution in [-0.2, 0) is 4.79 Å². The molecule has 1 aromatic carbocycles. The predicted octanol–water partition coefficient (Wildman–Crippen LogP) is 1.36. The number of aromatic hydroxyl groups is 2. The van der Waals surface area contributed by atoms with Gasteiger partial charge in [-0.1, -0.05) is 25.8 Å². The second-order valence-electron chi connectivity index (χ2n) is 4.67. The average Bonchev–Trinajstić information content (AvgIpc) is 2.41. The smallest absolute Gasteiger partial charge is 0.323 e. The molecule has 1 rings (SSSR count). The number of rotatable bonds is 8. The summed E-state index contributed by atoms with van der Waals surface area (Å²) in [5, 5.41) is 40.6. The number of aliphatic hydroxyl groups is 1. The number of aliphatic hydroxyl groups excluding tert-OH is 1. The molecule has 0 spiro atoms. The Balaban J connectivity index is 2.74. The summed E-state index contributed by atoms with van der Waals surface area (Å²) in [7, 11) is 0. The van der Waals surface area contributed by atoms with Gasteiger partial charge in [0, 0.05) is 0 Å². The zero-order valence-electron chi connectivity index (χ0n) is 11.4. The van der Waals surface area contributed by atoms with Gasteiger partial charge in [-0.3, -0.25) is 4.79 Å². The van der Waals surface area contributed by atoms with Crippen LogP contribution in [0.4, 0.5) is 0 Å². The highest BCUT2D eigenvalue weighted by Crippen LogP contribution is 2.29. The molecule has 0 aliphatic carbocycles. The minimum atomic E-state index is -1.30. The third kappa shape index (κ3) is 4.40. The zero-order valence-corrected chi connectivity index (χ0v) is 11.4. The summed E-state index contributed by atoms with van der Waals surface area (Å²) in [6, 6.07) is 2.59. The Labute approximate surface area is 117 Å². The van der Waals surface area contributed by atoms with E-state index in [9.17, 15) is 20.1 Å². The van der Waals surface area contributed by atoms with Crippen LogP contribution in [0.25, 0.3) is 0 Å². The number of carbonyl (C=O) groups is 1. The van der Waals surface area contributed by atoms with E-state index >= 15 is 0 Å². The fourth-order valence-corrected chi connectivity index (χ4v) is 1.88. The van der Waals surface area contributed by atoms with Gasteiger partial charge in [-0.2, -0.15) is 0 Å². The van der Waals surface area contributed by atoms with Crippen LogP contribution in [0, 0.1) is 0 Å². The van der Waals surface area contributed by atoms with E-state index in [2.05, 4.69) is 5.32 Å². The maximum absolute atomic E-state index is 11.2. The van der Waals surface area contributed by atoms with Gasteiger partial charge in [-0.05, 0) is 30.7 Å². The number of aliphatic carboxylic acids is 1. The summed E-state index contributed by atoms with van der Waals surface area (Å²) in [5.74, 6) is -1.87. The fraction of sp³-hybridized carbons (Fsp3) is 0.500. The number of phenolic OH excluding ortho intramolecular Hbond substituents is 2. The molecule has 0 bridgehead atoms. The second kappa shape index (κ2) is 7.72. The molecule has 0 aliphatic heterocycles. The first kappa shape index (κ1) is 16.3. The van der Waals surface area contributed by atoms with Crippen molar-refractivity contribution in [2.24, 2.45) is 0 Å². The zero-order chi connectivity index (χ0) is 15.1. The first-order valence-corrected chi connectivity index (χ1v) is 6.63. The Hall–Kier alpha value is -1.79. The lowest BCUT2D eigenvalue weighted by Crippen LogP contribution is -2.42. The third-order valence-corrected chi connectivity index (χ3v) is 3.07. The van der Waals surface area contributed by atoms with Gasteiger partial charge in [-0.15, -0.1) is 0 Å². The Morgan fingerprint density at radius 2 is 1.95 bits per heavy atom. The summed E-state index contributed by atoms with van der Waals surface area (Å²) >= 11 is 0. The highest BCUT2D eigenvalue weighted by atomic mass is 16.4. The van der Waals surface area contributed by atoms with E-state index in [-0.39, 0.29) is 11.3 Å². The summed E-state index contributed by atoms with van der Waals surface area (Å²) in [5.41, 5.74) is 0.232. The van der Waals surface area contributed by atoms with Crippen molar-refractivity contribution >= 4 is 5.97 Å². The minimum absolute atomic E-state index is 0.232. The largest absolute Gasteiger partial charge is 0.504 e. The average molecular weight is 283 g/mol. The minimum Gasteiger partial charge on any atom is -0.504 e. The number of hydrogen-bond acceptors (Lipinski definition) is 5. The lowest BCUT2D eigenvalue weighted by molar-refractivity contribution is -0.142. The molecule has 0 saturated carbocycles. The van der Waals surface area contributed by atoms with Crippen molar-refractivity contribution in [2.45, 2.75) is 38.3 Å². The van der Waals surface area contributed by atoms with Crippen molar-refractivity contribution in [2.75, 3.05) is 6.54 Å². The molecule has 20 heavy (non-hydrogen) atoms. The molecule has 0 aromatic heterocycles. The van der Waals surface area contributed by atoms with E-state index in [1.54, 1.807) is 0 Å². The Morgan fingerprint density at radius 1 is 1.25 bits per heavy atom. The van der Waals surface area contributed by atoms with Crippen LogP contribution in [-0.4, -0.2) is 39.0 Å². The Kier molecular flexibility index (Phi) is 6.27. The predicted molar refractivity (Wildman–Crippen MR) is 73.7 cm³/mol. The van der Waals surface area contributed by atoms with Crippen LogP contribution in [0.15, 0.2) is 18.2 Å². The summed E-state index contributed by atoms with van der Waals surface area (Å²) < 4.78 is 0. The van der Waals surface area contributed by atoms with E-state index in [1.165, 1.54) is 12.1 Å². The molecule has 0 heterocycles. The van der Waals surface area contributed by atoms with Crippen LogP contribution < -0.4 is 5.32 Å². The maximum atomic E-state index is 11.2. The SMILES string of the molecule is CCCCCNC(C(=O)O)C(O)c1ccc(O)c(O)c1. The fourth-order valence-electron chi connectivity index (χ4n) is 1.88. The molecular weight excluding hydrogens is 262 g/mol. The molecule has 0 radical (unpaired) electrons. The highest BCUT2D eigenvalue weighted by molar-refractivity contribution is 5.74. The molecule has 0 amide bonds. The molecule has 0 fully saturated rings. The molecule has 112 valence electrons. The molecule has 1 aromatic rings. The van der Waals surface area contributed by atoms with Crippen molar-refractivity contribution < 1.29 is 25.2 Å². The van der Waals surface area contributed by atoms with Gasteiger partial charge in [0.15, 0.2) is 11.5 Å². The van der Waals surface area contributed by atoms with Gasteiger partial charge >= 0.3 is 5.97 Å². The van der Waals surface area contributed by atoms with Gasteiger partial charge < -0.3 is 25.7 Å². The quantitative estimate of drug-likeness (QED) is 0.364. The van der Waals surface area contributed by atoms with E-state index in [0.29, 0.717) is 6.54 Å². The Bertz CT molecular complexity index is 449. The standard InChI is InChI=1S/C14H21NO5/c1-2-3-4-7-15-12(14(19)20)13(18)9-5-6-10(16)11(17)8-9/h5-6,8,12-13,15-18H,2-4,7H2,1H3,(H,19,20). The molecule has 0 aliphatic rings. The van der Waals surface area contributed by atoms with Crippen molar-refractivity contribution in [3.63, 3.8) is 0 Å². The van der Waals surface area contributed by atoms with Crippen molar-refractivity contribution in [3.8, 4) is 11.5 Å². The molecule has 5 N–H and O–H groups in total. The van der Waals surface area contributed by atoms with Crippen LogP contribution >= 0.6 is 0 Å². The lowest BCUT2D eigenvalue weighted by Gasteiger charge is -2.21. The number of phenols is 2. The van der Waals surface area contributed by atoms with Gasteiger partial charge in [0.1, 0.15) is 12.1 Å². The summed E-state index contributed by atoms with van der Waals surface area (Å²) in [4.78, 5) is 11.2. The number of carboxylic acid groups (broad SMARTS) is 1. The van der Waals surface area contributed by atoms with E-state index in [4.69, 9.17) is 5.11 Å². The van der Waals surface area contributed by atoms with Gasteiger partial charge in [0.25, 0.3) is 0 Å². The molecule has 0 saturated heterocycles. The topological polar surface area (TPSA) is 110 Å². The van der Waals surface area contributed by atoms with Crippen molar-refractivity contribution in [3.05, 3.63) is 23.8 Å². The number of hydrogen-bond donors (Lipinski definition) is 5. The van der Waals surface area contributed by atoms with Crippen LogP contribution in [0.2, 0.25) is 0 Å². The van der Waals surface area contributed by atoms with E-state index < -0.39 is 23.9 Å². The summed E-state index contributed by atoms with van der Waals surface area (Å²) in [6.45, 7) is 2.54. The Morgan fingerprint density at radius 3 is 2.50 bits per heavy atom. The van der Waals surface area contributed by atoms with Gasteiger partial charge in [0.05, 0.1) is 0 Å². The molecule has 2 unspecified atom stereocenters. The molecule has 2 atom stereocenters. The van der Waals surface area contributed by atoms with E-state index in [1.807, 2.05) is 6.92 Å². The van der Waals surface area contributed by atoms with Crippen LogP contribution in [0.5, 0.6) is 11.5 Å². The normalized spacial score (nSPS) is 13.9. The number of benzene rings is 1. The van der Waals surface area contributed by atoms with Crippen LogP contribution in [0.3, 0.4) is 0 Å². The number of nitrogens with one attached hydrogen (secondary N) is 1. The first-order valence-electron chi connectivity index (χ1n) is 6.63. The van der Waals surface area contributed by atoms with Crippen molar-refractivity contribution in [1.29, 1.82) is 0 Å². The molecule has 6 heteroatoms. The van der Waals surface area contributed by atoms with Crippen LogP contribution in [0.1, 0.15) is 37.9 Å². The summed E-state index contributed by atoms with van der Waals surface area (Å²) in [6.07, 6.45) is 1.53. The monoisotopic (exact) mass is 283 g/mol. The first-order chi connectivity index (χ1) is 9.47. The number of unbranched alkanes of at least 4 members (excludes halogenated alkanes) is 2. The highest BCUT2D eigenvalue weighted by Gasteiger charge is 2.27.